The molecule has 1 fully saturated rings. The number of nitrogens with zero attached hydrogens (tertiary/aromatic N) is 2. The maximum Gasteiger partial charge on any atom is 0.261 e. The molecule has 4 amide bonds. The van der Waals surface area contributed by atoms with Gasteiger partial charge in [0.1, 0.15) is 6.04 Å². The molecule has 3 heterocycles. The normalized spacial score (nSPS) is 19.7. The number of sulfonamides is 1. The van der Waals surface area contributed by atoms with Gasteiger partial charge in [-0.05, 0) is 42.7 Å². The molecule has 0 spiro atoms. The molecule has 2 N–H and O–H groups in total. The van der Waals surface area contributed by atoms with Crippen molar-refractivity contribution in [3.05, 3.63) is 53.1 Å². The van der Waals surface area contributed by atoms with Crippen molar-refractivity contribution in [1.82, 2.24) is 10.2 Å². The highest BCUT2D eigenvalue weighted by molar-refractivity contribution is 7.92. The minimum atomic E-state index is -4.03. The van der Waals surface area contributed by atoms with Crippen molar-refractivity contribution in [2.45, 2.75) is 43.7 Å². The van der Waals surface area contributed by atoms with Gasteiger partial charge >= 0.3 is 0 Å². The fraction of sp³-hybridized carbons (Fsp3) is 0.304. The smallest absolute Gasteiger partial charge is 0.261 e. The van der Waals surface area contributed by atoms with Crippen LogP contribution < -0.4 is 14.9 Å². The van der Waals surface area contributed by atoms with Gasteiger partial charge in [-0.15, -0.1) is 0 Å². The average Bonchev–Trinajstić information content (AvgIpc) is 3.35. The van der Waals surface area contributed by atoms with Crippen LogP contribution in [0.5, 0.6) is 0 Å². The molecule has 0 radical (unpaired) electrons. The number of amides is 4. The van der Waals surface area contributed by atoms with Gasteiger partial charge in [-0.25, -0.2) is 8.42 Å². The lowest BCUT2D eigenvalue weighted by atomic mass is 10.0. The van der Waals surface area contributed by atoms with E-state index in [1.54, 1.807) is 29.2 Å². The Labute approximate surface area is 196 Å². The van der Waals surface area contributed by atoms with E-state index < -0.39 is 22.0 Å². The third-order valence-corrected chi connectivity index (χ3v) is 7.83. The maximum absolute atomic E-state index is 13.2. The van der Waals surface area contributed by atoms with Gasteiger partial charge in [0, 0.05) is 43.2 Å². The molecule has 0 aromatic heterocycles. The van der Waals surface area contributed by atoms with Crippen molar-refractivity contribution in [2.75, 3.05) is 16.2 Å². The Kier molecular flexibility index (Phi) is 5.16. The van der Waals surface area contributed by atoms with Crippen LogP contribution in [0.4, 0.5) is 11.4 Å². The number of hydrogen-bond acceptors (Lipinski definition) is 6. The molecule has 3 aliphatic heterocycles. The molecule has 0 saturated carbocycles. The van der Waals surface area contributed by atoms with Crippen LogP contribution in [-0.2, 0) is 37.4 Å². The maximum atomic E-state index is 13.2. The summed E-state index contributed by atoms with van der Waals surface area (Å²) in [5.74, 6) is -1.46. The van der Waals surface area contributed by atoms with E-state index in [9.17, 15) is 27.6 Å². The van der Waals surface area contributed by atoms with Crippen LogP contribution in [0.3, 0.4) is 0 Å². The Morgan fingerprint density at radius 1 is 1.12 bits per heavy atom. The second kappa shape index (κ2) is 7.94. The first-order valence-corrected chi connectivity index (χ1v) is 12.3. The first-order chi connectivity index (χ1) is 16.2. The summed E-state index contributed by atoms with van der Waals surface area (Å²) in [4.78, 5) is 51.6. The number of imide groups is 1. The predicted octanol–water partition coefficient (Wildman–Crippen LogP) is 1.16. The molecule has 3 aliphatic rings. The molecule has 34 heavy (non-hydrogen) atoms. The molecule has 2 aromatic carbocycles. The number of hydrogen-bond donors (Lipinski definition) is 2. The van der Waals surface area contributed by atoms with Crippen LogP contribution >= 0.6 is 0 Å². The fourth-order valence-electron chi connectivity index (χ4n) is 4.74. The quantitative estimate of drug-likeness (QED) is 0.629. The molecule has 2 aromatic rings. The van der Waals surface area contributed by atoms with Gasteiger partial charge in [0.2, 0.25) is 17.7 Å². The molecule has 1 atom stereocenters. The summed E-state index contributed by atoms with van der Waals surface area (Å²) in [5.41, 5.74) is 2.49. The zero-order valence-corrected chi connectivity index (χ0v) is 19.1. The van der Waals surface area contributed by atoms with E-state index in [-0.39, 0.29) is 47.7 Å². The van der Waals surface area contributed by atoms with Crippen molar-refractivity contribution in [1.29, 1.82) is 0 Å². The Morgan fingerprint density at radius 2 is 1.91 bits per heavy atom. The van der Waals surface area contributed by atoms with Crippen LogP contribution in [0, 0.1) is 0 Å². The topological polar surface area (TPSA) is 133 Å². The van der Waals surface area contributed by atoms with E-state index in [1.807, 2.05) is 0 Å². The van der Waals surface area contributed by atoms with Gasteiger partial charge in [0.05, 0.1) is 10.6 Å². The fourth-order valence-corrected chi connectivity index (χ4v) is 5.85. The van der Waals surface area contributed by atoms with E-state index in [0.29, 0.717) is 29.8 Å². The molecular weight excluding hydrogens is 460 g/mol. The summed E-state index contributed by atoms with van der Waals surface area (Å²) in [6.45, 7) is 1.99. The lowest BCUT2D eigenvalue weighted by Gasteiger charge is -2.29. The highest BCUT2D eigenvalue weighted by Gasteiger charge is 2.40. The van der Waals surface area contributed by atoms with Crippen molar-refractivity contribution in [3.63, 3.8) is 0 Å². The van der Waals surface area contributed by atoms with Crippen molar-refractivity contribution in [2.24, 2.45) is 0 Å². The lowest BCUT2D eigenvalue weighted by Crippen LogP contribution is -2.52. The van der Waals surface area contributed by atoms with Crippen molar-refractivity contribution >= 4 is 45.0 Å². The Morgan fingerprint density at radius 3 is 2.65 bits per heavy atom. The number of piperidine rings is 1. The zero-order valence-electron chi connectivity index (χ0n) is 18.3. The molecule has 11 heteroatoms. The zero-order chi connectivity index (χ0) is 24.2. The van der Waals surface area contributed by atoms with Gasteiger partial charge < -0.3 is 9.80 Å². The number of rotatable bonds is 4. The Bertz CT molecular complexity index is 1370. The Balaban J connectivity index is 1.43. The number of carbonyl (C=O) groups is 4. The minimum absolute atomic E-state index is 0.00310. The number of fused-ring (bicyclic) bond motifs is 2. The number of anilines is 2. The summed E-state index contributed by atoms with van der Waals surface area (Å²) in [7, 11) is -4.03. The van der Waals surface area contributed by atoms with Gasteiger partial charge in [-0.3, -0.25) is 29.2 Å². The van der Waals surface area contributed by atoms with Gasteiger partial charge in [-0.2, -0.15) is 0 Å². The standard InChI is InChI=1S/C23H22N4O6S/c1-13(28)26-10-9-14-5-6-15(11-20(14)26)34(32,33)25-18-4-2-3-16-17(18)12-27(23(16)31)19-7-8-21(29)24-22(19)30/h2-6,11,19,25H,7-10,12H2,1H3,(H,24,29,30). The molecule has 0 bridgehead atoms. The summed E-state index contributed by atoms with van der Waals surface area (Å²) in [6, 6.07) is 8.61. The first kappa shape index (κ1) is 22.1. The molecule has 0 aliphatic carbocycles. The van der Waals surface area contributed by atoms with E-state index in [2.05, 4.69) is 10.0 Å². The molecule has 1 saturated heterocycles. The first-order valence-electron chi connectivity index (χ1n) is 10.9. The molecular formula is C23H22N4O6S. The summed E-state index contributed by atoms with van der Waals surface area (Å²) in [5, 5.41) is 2.25. The average molecular weight is 483 g/mol. The van der Waals surface area contributed by atoms with E-state index >= 15 is 0 Å². The van der Waals surface area contributed by atoms with Gasteiger partial charge in [-0.1, -0.05) is 12.1 Å². The highest BCUT2D eigenvalue weighted by Crippen LogP contribution is 2.35. The van der Waals surface area contributed by atoms with Gasteiger partial charge in [0.25, 0.3) is 15.9 Å². The van der Waals surface area contributed by atoms with Crippen LogP contribution in [0.15, 0.2) is 41.3 Å². The SMILES string of the molecule is CC(=O)N1CCc2ccc(S(=O)(=O)Nc3cccc4c3CN(C3CCC(=O)NC3=O)C4=O)cc21. The third-order valence-electron chi connectivity index (χ3n) is 6.47. The second-order valence-electron chi connectivity index (χ2n) is 8.55. The Hall–Kier alpha value is -3.73. The summed E-state index contributed by atoms with van der Waals surface area (Å²) in [6.07, 6.45) is 1.01. The second-order valence-corrected chi connectivity index (χ2v) is 10.2. The van der Waals surface area contributed by atoms with Gasteiger partial charge in [0.15, 0.2) is 0 Å². The summed E-state index contributed by atoms with van der Waals surface area (Å²) >= 11 is 0. The number of carbonyl (C=O) groups excluding carboxylic acids is 4. The van der Waals surface area contributed by atoms with Crippen LogP contribution in [0.1, 0.15) is 41.3 Å². The molecule has 10 nitrogen and oxygen atoms in total. The van der Waals surface area contributed by atoms with Crippen LogP contribution in [0.25, 0.3) is 0 Å². The summed E-state index contributed by atoms with van der Waals surface area (Å²) < 4.78 is 29.0. The van der Waals surface area contributed by atoms with Crippen LogP contribution in [-0.4, -0.2) is 49.5 Å². The van der Waals surface area contributed by atoms with E-state index in [1.165, 1.54) is 24.0 Å². The van der Waals surface area contributed by atoms with E-state index in [0.717, 1.165) is 5.56 Å². The van der Waals surface area contributed by atoms with E-state index in [4.69, 9.17) is 0 Å². The highest BCUT2D eigenvalue weighted by atomic mass is 32.2. The lowest BCUT2D eigenvalue weighted by molar-refractivity contribution is -0.137. The van der Waals surface area contributed by atoms with Crippen molar-refractivity contribution in [3.8, 4) is 0 Å². The minimum Gasteiger partial charge on any atom is -0.322 e. The van der Waals surface area contributed by atoms with Crippen LogP contribution in [0.2, 0.25) is 0 Å². The third kappa shape index (κ3) is 3.61. The molecule has 1 unspecified atom stereocenters. The predicted molar refractivity (Wildman–Crippen MR) is 121 cm³/mol. The monoisotopic (exact) mass is 482 g/mol. The van der Waals surface area contributed by atoms with Crippen molar-refractivity contribution < 1.29 is 27.6 Å². The molecule has 176 valence electrons. The molecule has 5 rings (SSSR count). The number of nitrogens with one attached hydrogen (secondary N) is 2. The largest absolute Gasteiger partial charge is 0.322 e. The number of benzene rings is 2.